The fraction of sp³-hybridized carbons (Fsp3) is 0.438. The lowest BCUT2D eigenvalue weighted by molar-refractivity contribution is 0.100. The van der Waals surface area contributed by atoms with Crippen molar-refractivity contribution in [1.82, 2.24) is 14.8 Å². The Morgan fingerprint density at radius 3 is 2.70 bits per heavy atom. The molecular formula is C16H17BrF2N4O3S. The van der Waals surface area contributed by atoms with Crippen LogP contribution in [0.4, 0.5) is 14.5 Å². The lowest BCUT2D eigenvalue weighted by atomic mass is 10.2. The SMILES string of the molecule is Cc1nn(C2CCS(=O)(=O)C2)c(C)c1NC(=O)c1ncc(Br)cc1C(F)F. The first-order valence-corrected chi connectivity index (χ1v) is 10.7. The molecule has 1 aliphatic rings. The summed E-state index contributed by atoms with van der Waals surface area (Å²) >= 11 is 3.06. The third-order valence-corrected chi connectivity index (χ3v) is 6.64. The van der Waals surface area contributed by atoms with Gasteiger partial charge in [0.25, 0.3) is 12.3 Å². The molecule has 1 fully saturated rings. The zero-order chi connectivity index (χ0) is 19.9. The summed E-state index contributed by atoms with van der Waals surface area (Å²) in [6.45, 7) is 3.36. The highest BCUT2D eigenvalue weighted by atomic mass is 79.9. The predicted octanol–water partition coefficient (Wildman–Crippen LogP) is 3.21. The van der Waals surface area contributed by atoms with Gasteiger partial charge in [-0.15, -0.1) is 0 Å². The van der Waals surface area contributed by atoms with Crippen LogP contribution >= 0.6 is 15.9 Å². The first-order chi connectivity index (χ1) is 12.6. The highest BCUT2D eigenvalue weighted by molar-refractivity contribution is 9.10. The molecule has 0 bridgehead atoms. The molecule has 0 spiro atoms. The van der Waals surface area contributed by atoms with Gasteiger partial charge in [0, 0.05) is 10.7 Å². The van der Waals surface area contributed by atoms with Gasteiger partial charge in [0.05, 0.1) is 40.2 Å². The fourth-order valence-electron chi connectivity index (χ4n) is 3.15. The minimum atomic E-state index is -3.10. The molecule has 3 heterocycles. The second kappa shape index (κ2) is 7.27. The maximum absolute atomic E-state index is 13.2. The molecule has 11 heteroatoms. The minimum Gasteiger partial charge on any atom is -0.317 e. The van der Waals surface area contributed by atoms with Crippen LogP contribution in [0, 0.1) is 13.8 Å². The Bertz CT molecular complexity index is 1010. The number of amides is 1. The molecule has 2 aromatic rings. The molecule has 3 rings (SSSR count). The third-order valence-electron chi connectivity index (χ3n) is 4.45. The van der Waals surface area contributed by atoms with Crippen molar-refractivity contribution in [3.63, 3.8) is 0 Å². The topological polar surface area (TPSA) is 94.0 Å². The number of nitrogens with one attached hydrogen (secondary N) is 1. The van der Waals surface area contributed by atoms with Crippen molar-refractivity contribution in [3.05, 3.63) is 39.4 Å². The molecule has 1 N–H and O–H groups in total. The van der Waals surface area contributed by atoms with E-state index in [0.29, 0.717) is 28.0 Å². The van der Waals surface area contributed by atoms with E-state index >= 15 is 0 Å². The van der Waals surface area contributed by atoms with Crippen LogP contribution in [-0.4, -0.2) is 40.6 Å². The number of carbonyl (C=O) groups is 1. The molecule has 146 valence electrons. The van der Waals surface area contributed by atoms with Crippen LogP contribution < -0.4 is 5.32 Å². The van der Waals surface area contributed by atoms with Crippen molar-refractivity contribution in [2.75, 3.05) is 16.8 Å². The van der Waals surface area contributed by atoms with Gasteiger partial charge >= 0.3 is 0 Å². The van der Waals surface area contributed by atoms with E-state index in [2.05, 4.69) is 31.3 Å². The van der Waals surface area contributed by atoms with Crippen LogP contribution in [0.2, 0.25) is 0 Å². The second-order valence-electron chi connectivity index (χ2n) is 6.39. The highest BCUT2D eigenvalue weighted by Crippen LogP contribution is 2.30. The molecule has 0 aliphatic carbocycles. The molecule has 1 atom stereocenters. The number of carbonyl (C=O) groups excluding carboxylic acids is 1. The zero-order valence-corrected chi connectivity index (χ0v) is 16.9. The van der Waals surface area contributed by atoms with Gasteiger partial charge in [-0.2, -0.15) is 5.10 Å². The molecule has 2 aromatic heterocycles. The third kappa shape index (κ3) is 4.03. The van der Waals surface area contributed by atoms with E-state index in [9.17, 15) is 22.0 Å². The summed E-state index contributed by atoms with van der Waals surface area (Å²) in [4.78, 5) is 16.3. The van der Waals surface area contributed by atoms with E-state index in [1.807, 2.05) is 0 Å². The molecule has 1 saturated heterocycles. The first kappa shape index (κ1) is 19.9. The predicted molar refractivity (Wildman–Crippen MR) is 98.9 cm³/mol. The van der Waals surface area contributed by atoms with E-state index in [4.69, 9.17) is 0 Å². The molecule has 0 aromatic carbocycles. The zero-order valence-electron chi connectivity index (χ0n) is 14.5. The van der Waals surface area contributed by atoms with E-state index in [-0.39, 0.29) is 23.2 Å². The Hall–Kier alpha value is -1.88. The van der Waals surface area contributed by atoms with E-state index in [0.717, 1.165) is 6.07 Å². The van der Waals surface area contributed by atoms with Crippen molar-refractivity contribution in [3.8, 4) is 0 Å². The number of hydrogen-bond donors (Lipinski definition) is 1. The van der Waals surface area contributed by atoms with Crippen molar-refractivity contribution < 1.29 is 22.0 Å². The van der Waals surface area contributed by atoms with Crippen LogP contribution in [0.3, 0.4) is 0 Å². The number of aromatic nitrogens is 3. The number of alkyl halides is 2. The summed E-state index contributed by atoms with van der Waals surface area (Å²) in [5.74, 6) is -0.688. The molecular weight excluding hydrogens is 446 g/mol. The Balaban J connectivity index is 1.90. The summed E-state index contributed by atoms with van der Waals surface area (Å²) in [6, 6.07) is 0.848. The van der Waals surface area contributed by atoms with Crippen LogP contribution in [0.25, 0.3) is 0 Å². The van der Waals surface area contributed by atoms with Gasteiger partial charge in [-0.1, -0.05) is 0 Å². The minimum absolute atomic E-state index is 0.00779. The maximum Gasteiger partial charge on any atom is 0.274 e. The highest BCUT2D eigenvalue weighted by Gasteiger charge is 2.32. The summed E-state index contributed by atoms with van der Waals surface area (Å²) in [6.07, 6.45) is -1.14. The Morgan fingerprint density at radius 2 is 2.11 bits per heavy atom. The Morgan fingerprint density at radius 1 is 1.41 bits per heavy atom. The average Bonchev–Trinajstić information content (AvgIpc) is 3.08. The summed E-state index contributed by atoms with van der Waals surface area (Å²) in [5.41, 5.74) is 0.559. The van der Waals surface area contributed by atoms with Crippen molar-refractivity contribution in [2.45, 2.75) is 32.7 Å². The summed E-state index contributed by atoms with van der Waals surface area (Å²) < 4.78 is 51.8. The van der Waals surface area contributed by atoms with E-state index in [1.165, 1.54) is 6.20 Å². The molecule has 7 nitrogen and oxygen atoms in total. The summed E-state index contributed by atoms with van der Waals surface area (Å²) in [7, 11) is -3.10. The number of hydrogen-bond acceptors (Lipinski definition) is 5. The number of pyridine rings is 1. The van der Waals surface area contributed by atoms with E-state index < -0.39 is 27.7 Å². The summed E-state index contributed by atoms with van der Waals surface area (Å²) in [5, 5.41) is 6.93. The van der Waals surface area contributed by atoms with Gasteiger partial charge in [0.15, 0.2) is 9.84 Å². The molecule has 1 amide bonds. The van der Waals surface area contributed by atoms with Gasteiger partial charge in [0.2, 0.25) is 0 Å². The van der Waals surface area contributed by atoms with Gasteiger partial charge in [-0.3, -0.25) is 9.48 Å². The van der Waals surface area contributed by atoms with Crippen molar-refractivity contribution in [2.24, 2.45) is 0 Å². The second-order valence-corrected chi connectivity index (χ2v) is 9.54. The van der Waals surface area contributed by atoms with Gasteiger partial charge in [-0.25, -0.2) is 22.2 Å². The quantitative estimate of drug-likeness (QED) is 0.752. The lowest BCUT2D eigenvalue weighted by Crippen LogP contribution is -2.18. The van der Waals surface area contributed by atoms with Crippen LogP contribution in [0.5, 0.6) is 0 Å². The van der Waals surface area contributed by atoms with Gasteiger partial charge in [-0.05, 0) is 42.3 Å². The number of nitrogens with zero attached hydrogens (tertiary/aromatic N) is 3. The standard InChI is InChI=1S/C16H17BrF2N4O3S/c1-8-13(9(2)23(22-8)11-3-4-27(25,26)7-11)21-16(24)14-12(15(18)19)5-10(17)6-20-14/h5-6,11,15H,3-4,7H2,1-2H3,(H,21,24). The van der Waals surface area contributed by atoms with Crippen LogP contribution in [0.1, 0.15) is 46.3 Å². The Kier molecular flexibility index (Phi) is 5.35. The Labute approximate surface area is 163 Å². The van der Waals surface area contributed by atoms with Crippen LogP contribution in [0.15, 0.2) is 16.7 Å². The first-order valence-electron chi connectivity index (χ1n) is 8.10. The van der Waals surface area contributed by atoms with Crippen LogP contribution in [-0.2, 0) is 9.84 Å². The van der Waals surface area contributed by atoms with Gasteiger partial charge in [0.1, 0.15) is 5.69 Å². The molecule has 1 unspecified atom stereocenters. The lowest BCUT2D eigenvalue weighted by Gasteiger charge is -2.12. The number of halogens is 3. The fourth-order valence-corrected chi connectivity index (χ4v) is 5.19. The number of anilines is 1. The smallest absolute Gasteiger partial charge is 0.274 e. The number of sulfone groups is 1. The maximum atomic E-state index is 13.2. The van der Waals surface area contributed by atoms with E-state index in [1.54, 1.807) is 18.5 Å². The molecule has 0 radical (unpaired) electrons. The number of aryl methyl sites for hydroxylation is 1. The molecule has 0 saturated carbocycles. The number of rotatable bonds is 4. The van der Waals surface area contributed by atoms with Crippen molar-refractivity contribution in [1.29, 1.82) is 0 Å². The largest absolute Gasteiger partial charge is 0.317 e. The normalized spacial score (nSPS) is 18.8. The van der Waals surface area contributed by atoms with Crippen molar-refractivity contribution >= 4 is 37.4 Å². The molecule has 1 aliphatic heterocycles. The molecule has 27 heavy (non-hydrogen) atoms. The average molecular weight is 463 g/mol. The monoisotopic (exact) mass is 462 g/mol. The van der Waals surface area contributed by atoms with Gasteiger partial charge < -0.3 is 5.32 Å².